The van der Waals surface area contributed by atoms with E-state index in [4.69, 9.17) is 9.47 Å². The van der Waals surface area contributed by atoms with Crippen molar-refractivity contribution in [2.75, 3.05) is 14.2 Å². The Morgan fingerprint density at radius 3 is 2.12 bits per heavy atom. The minimum atomic E-state index is 0.822. The third-order valence-electron chi connectivity index (χ3n) is 3.78. The molecule has 5 nitrogen and oxygen atoms in total. The summed E-state index contributed by atoms with van der Waals surface area (Å²) >= 11 is 1.55. The van der Waals surface area contributed by atoms with Crippen molar-refractivity contribution in [1.29, 1.82) is 0 Å². The fourth-order valence-electron chi connectivity index (χ4n) is 2.32. The Balaban J connectivity index is 1.81. The molecule has 0 unspecified atom stereocenters. The Kier molecular flexibility index (Phi) is 5.30. The Morgan fingerprint density at radius 2 is 1.52 bits per heavy atom. The lowest BCUT2D eigenvalue weighted by molar-refractivity contribution is 0.414. The molecule has 0 atom stereocenters. The molecular weight excluding hydrogens is 334 g/mol. The van der Waals surface area contributed by atoms with Gasteiger partial charge in [-0.15, -0.1) is 16.4 Å². The molecule has 2 aromatic carbocycles. The van der Waals surface area contributed by atoms with E-state index < -0.39 is 0 Å². The number of rotatable bonds is 5. The maximum absolute atomic E-state index is 5.20. The number of methoxy groups -OCH3 is 2. The molecule has 0 radical (unpaired) electrons. The Bertz CT molecular complexity index is 923. The van der Waals surface area contributed by atoms with Crippen molar-refractivity contribution in [3.63, 3.8) is 0 Å². The van der Waals surface area contributed by atoms with E-state index in [0.29, 0.717) is 0 Å². The van der Waals surface area contributed by atoms with E-state index in [1.807, 2.05) is 60.1 Å². The van der Waals surface area contributed by atoms with Gasteiger partial charge in [0, 0.05) is 12.4 Å². The number of ether oxygens (including phenoxy) is 2. The molecule has 0 aliphatic heterocycles. The fraction of sp³-hybridized carbons (Fsp3) is 0.158. The van der Waals surface area contributed by atoms with Gasteiger partial charge in [-0.2, -0.15) is 5.10 Å². The van der Waals surface area contributed by atoms with Gasteiger partial charge < -0.3 is 14.0 Å². The molecule has 1 aromatic heterocycles. The van der Waals surface area contributed by atoms with Crippen LogP contribution in [0.25, 0.3) is 11.3 Å². The number of benzene rings is 2. The quantitative estimate of drug-likeness (QED) is 0.519. The van der Waals surface area contributed by atoms with Crippen LogP contribution in [0.2, 0.25) is 0 Å². The summed E-state index contributed by atoms with van der Waals surface area (Å²) < 4.78 is 12.4. The van der Waals surface area contributed by atoms with E-state index >= 15 is 0 Å². The molecule has 0 saturated carbocycles. The third kappa shape index (κ3) is 3.97. The standard InChI is InChI=1S/C19H19N3O2S/c1-22-18(15-6-10-17(24-3)11-7-15)13-25-19(22)21-20-12-14-4-8-16(23-2)9-5-14/h4-13H,1-3H3/b20-12-,21-19-. The van der Waals surface area contributed by atoms with Crippen molar-refractivity contribution in [2.24, 2.45) is 17.3 Å². The molecule has 3 aromatic rings. The van der Waals surface area contributed by atoms with E-state index in [1.54, 1.807) is 31.8 Å². The normalized spacial score (nSPS) is 11.9. The highest BCUT2D eigenvalue weighted by Crippen LogP contribution is 2.22. The van der Waals surface area contributed by atoms with Crippen LogP contribution >= 0.6 is 11.3 Å². The summed E-state index contributed by atoms with van der Waals surface area (Å²) in [5.41, 5.74) is 3.17. The van der Waals surface area contributed by atoms with Crippen molar-refractivity contribution in [3.8, 4) is 22.8 Å². The molecule has 0 N–H and O–H groups in total. The predicted molar refractivity (Wildman–Crippen MR) is 101 cm³/mol. The van der Waals surface area contributed by atoms with E-state index in [0.717, 1.165) is 33.1 Å². The molecule has 0 aliphatic rings. The van der Waals surface area contributed by atoms with Gasteiger partial charge in [-0.3, -0.25) is 0 Å². The van der Waals surface area contributed by atoms with E-state index in [1.165, 1.54) is 0 Å². The molecule has 0 fully saturated rings. The highest BCUT2D eigenvalue weighted by molar-refractivity contribution is 7.07. The summed E-state index contributed by atoms with van der Waals surface area (Å²) in [6, 6.07) is 15.6. The smallest absolute Gasteiger partial charge is 0.210 e. The Hall–Kier alpha value is -2.86. The molecule has 0 amide bonds. The highest BCUT2D eigenvalue weighted by atomic mass is 32.1. The van der Waals surface area contributed by atoms with Gasteiger partial charge in [-0.1, -0.05) is 0 Å². The van der Waals surface area contributed by atoms with Gasteiger partial charge in [0.1, 0.15) is 11.5 Å². The van der Waals surface area contributed by atoms with Crippen LogP contribution in [0.3, 0.4) is 0 Å². The zero-order chi connectivity index (χ0) is 17.6. The lowest BCUT2D eigenvalue weighted by atomic mass is 10.1. The molecule has 3 rings (SSSR count). The summed E-state index contributed by atoms with van der Waals surface area (Å²) in [6.07, 6.45) is 1.73. The van der Waals surface area contributed by atoms with Crippen LogP contribution in [0.5, 0.6) is 11.5 Å². The molecule has 25 heavy (non-hydrogen) atoms. The number of hydrogen-bond acceptors (Lipinski definition) is 5. The first kappa shape index (κ1) is 17.0. The van der Waals surface area contributed by atoms with Gasteiger partial charge in [-0.05, 0) is 59.7 Å². The topological polar surface area (TPSA) is 48.1 Å². The maximum Gasteiger partial charge on any atom is 0.210 e. The molecule has 6 heteroatoms. The first-order valence-electron chi connectivity index (χ1n) is 7.71. The first-order valence-corrected chi connectivity index (χ1v) is 8.59. The Labute approximate surface area is 150 Å². The zero-order valence-electron chi connectivity index (χ0n) is 14.3. The molecular formula is C19H19N3O2S. The van der Waals surface area contributed by atoms with Gasteiger partial charge in [-0.25, -0.2) is 0 Å². The van der Waals surface area contributed by atoms with Crippen molar-refractivity contribution in [3.05, 3.63) is 64.3 Å². The van der Waals surface area contributed by atoms with Crippen molar-refractivity contribution in [1.82, 2.24) is 4.57 Å². The number of hydrogen-bond donors (Lipinski definition) is 0. The van der Waals surface area contributed by atoms with E-state index in [2.05, 4.69) is 15.6 Å². The molecule has 0 aliphatic carbocycles. The van der Waals surface area contributed by atoms with Crippen LogP contribution in [0.1, 0.15) is 5.56 Å². The van der Waals surface area contributed by atoms with Gasteiger partial charge in [0.05, 0.1) is 26.1 Å². The second-order valence-corrected chi connectivity index (χ2v) is 6.15. The minimum Gasteiger partial charge on any atom is -0.497 e. The predicted octanol–water partition coefficient (Wildman–Crippen LogP) is 3.71. The lowest BCUT2D eigenvalue weighted by Crippen LogP contribution is -2.10. The van der Waals surface area contributed by atoms with Crippen LogP contribution in [0, 0.1) is 0 Å². The third-order valence-corrected chi connectivity index (χ3v) is 4.68. The van der Waals surface area contributed by atoms with Gasteiger partial charge in [0.15, 0.2) is 0 Å². The van der Waals surface area contributed by atoms with Gasteiger partial charge in [0.2, 0.25) is 4.80 Å². The van der Waals surface area contributed by atoms with Crippen LogP contribution in [-0.2, 0) is 7.05 Å². The minimum absolute atomic E-state index is 0.822. The van der Waals surface area contributed by atoms with Crippen LogP contribution in [-0.4, -0.2) is 25.0 Å². The second-order valence-electron chi connectivity index (χ2n) is 5.31. The average Bonchev–Trinajstić information content (AvgIpc) is 3.03. The van der Waals surface area contributed by atoms with Crippen LogP contribution < -0.4 is 14.3 Å². The largest absolute Gasteiger partial charge is 0.497 e. The van der Waals surface area contributed by atoms with Crippen LogP contribution in [0.15, 0.2) is 64.1 Å². The molecule has 128 valence electrons. The average molecular weight is 353 g/mol. The number of aromatic nitrogens is 1. The van der Waals surface area contributed by atoms with Crippen molar-refractivity contribution in [2.45, 2.75) is 0 Å². The molecule has 0 saturated heterocycles. The first-order chi connectivity index (χ1) is 12.2. The van der Waals surface area contributed by atoms with Crippen molar-refractivity contribution < 1.29 is 9.47 Å². The highest BCUT2D eigenvalue weighted by Gasteiger charge is 2.04. The van der Waals surface area contributed by atoms with E-state index in [9.17, 15) is 0 Å². The molecule has 1 heterocycles. The fourth-order valence-corrected chi connectivity index (χ4v) is 3.18. The van der Waals surface area contributed by atoms with Gasteiger partial charge in [0.25, 0.3) is 0 Å². The van der Waals surface area contributed by atoms with Gasteiger partial charge >= 0.3 is 0 Å². The summed E-state index contributed by atoms with van der Waals surface area (Å²) in [6.45, 7) is 0. The zero-order valence-corrected chi connectivity index (χ0v) is 15.2. The second kappa shape index (κ2) is 7.81. The molecule has 0 bridgehead atoms. The molecule has 0 spiro atoms. The van der Waals surface area contributed by atoms with Crippen LogP contribution in [0.4, 0.5) is 0 Å². The monoisotopic (exact) mass is 353 g/mol. The SMILES string of the molecule is COc1ccc(/C=N\N=c2/scc(-c3ccc(OC)cc3)n2C)cc1. The summed E-state index contributed by atoms with van der Waals surface area (Å²) in [5.74, 6) is 1.67. The van der Waals surface area contributed by atoms with Crippen molar-refractivity contribution >= 4 is 17.6 Å². The maximum atomic E-state index is 5.20. The number of thiazole rings is 1. The van der Waals surface area contributed by atoms with E-state index in [-0.39, 0.29) is 0 Å². The lowest BCUT2D eigenvalue weighted by Gasteiger charge is -2.04. The summed E-state index contributed by atoms with van der Waals surface area (Å²) in [5, 5.41) is 10.6. The Morgan fingerprint density at radius 1 is 0.920 bits per heavy atom. The summed E-state index contributed by atoms with van der Waals surface area (Å²) in [7, 11) is 5.30. The number of nitrogens with zero attached hydrogens (tertiary/aromatic N) is 3. The summed E-state index contributed by atoms with van der Waals surface area (Å²) in [4.78, 5) is 0.829.